The van der Waals surface area contributed by atoms with E-state index in [1.165, 1.54) is 6.07 Å². The van der Waals surface area contributed by atoms with Gasteiger partial charge in [-0.05, 0) is 54.6 Å². The summed E-state index contributed by atoms with van der Waals surface area (Å²) in [6, 6.07) is 27.6. The lowest BCUT2D eigenvalue weighted by atomic mass is 10.1. The third kappa shape index (κ3) is 6.35. The maximum atomic E-state index is 12.2. The number of fused-ring (bicyclic) bond motifs is 2. The fourth-order valence-electron chi connectivity index (χ4n) is 4.00. The second-order valence-corrected chi connectivity index (χ2v) is 9.56. The number of carbonyl (C=O) groups excluding carboxylic acids is 2. The van der Waals surface area contributed by atoms with Crippen LogP contribution >= 0.6 is 23.2 Å². The van der Waals surface area contributed by atoms with Crippen LogP contribution in [0.1, 0.15) is 20.7 Å². The van der Waals surface area contributed by atoms with Crippen molar-refractivity contribution in [1.29, 1.82) is 0 Å². The summed E-state index contributed by atoms with van der Waals surface area (Å²) in [5.74, 6) is -0.574. The summed E-state index contributed by atoms with van der Waals surface area (Å²) >= 11 is 11.9. The highest BCUT2D eigenvalue weighted by atomic mass is 35.5. The molecule has 6 rings (SSSR count). The maximum absolute atomic E-state index is 12.2. The Labute approximate surface area is 247 Å². The first-order chi connectivity index (χ1) is 20.3. The molecule has 0 aliphatic rings. The first-order valence-electron chi connectivity index (χ1n) is 12.4. The van der Waals surface area contributed by atoms with E-state index in [0.29, 0.717) is 44.0 Å². The molecule has 0 unspecified atom stereocenters. The third-order valence-electron chi connectivity index (χ3n) is 6.07. The van der Waals surface area contributed by atoms with E-state index in [1.54, 1.807) is 54.6 Å². The molecule has 2 amide bonds. The van der Waals surface area contributed by atoms with Crippen LogP contribution in [0.25, 0.3) is 21.5 Å². The van der Waals surface area contributed by atoms with Gasteiger partial charge in [0.25, 0.3) is 22.9 Å². The molecular weight excluding hydrogens is 579 g/mol. The van der Waals surface area contributed by atoms with Crippen molar-refractivity contribution >= 4 is 67.9 Å². The minimum Gasteiger partial charge on any atom is -0.322 e. The maximum Gasteiger partial charge on any atom is 0.272 e. The van der Waals surface area contributed by atoms with Crippen LogP contribution in [0.5, 0.6) is 0 Å². The number of halogens is 2. The lowest BCUT2D eigenvalue weighted by molar-refractivity contribution is 0.101. The molecule has 0 saturated carbocycles. The zero-order valence-electron chi connectivity index (χ0n) is 21.5. The van der Waals surface area contributed by atoms with Crippen molar-refractivity contribution < 1.29 is 9.59 Å². The number of hydrogen-bond acceptors (Lipinski definition) is 6. The number of carbonyl (C=O) groups is 2. The largest absolute Gasteiger partial charge is 0.322 e. The molecule has 42 heavy (non-hydrogen) atoms. The highest BCUT2D eigenvalue weighted by molar-refractivity contribution is 6.34. The number of aromatic nitrogens is 4. The number of nitrogens with one attached hydrogen (secondary N) is 4. The van der Waals surface area contributed by atoms with E-state index >= 15 is 0 Å². The van der Waals surface area contributed by atoms with Crippen molar-refractivity contribution in [3.63, 3.8) is 0 Å². The second kappa shape index (κ2) is 12.5. The number of H-pyrrole nitrogens is 2. The fraction of sp³-hybridized carbons (Fsp3) is 0. The standard InChI is InChI=1S/2C15H10ClN3O2/c16-13-12-8-9(6-7-11(12)15(21)19-18-13)14(20)17-10-4-2-1-3-5-10;16-13-11-7-6-9(8-12(11)15(21)19-18-13)14(20)17-10-4-2-1-3-5-10/h2*1-8H,(H,17,20)(H,19,21). The van der Waals surface area contributed by atoms with Crippen LogP contribution in [0.3, 0.4) is 0 Å². The average molecular weight is 599 g/mol. The summed E-state index contributed by atoms with van der Waals surface area (Å²) in [7, 11) is 0. The van der Waals surface area contributed by atoms with Gasteiger partial charge in [-0.2, -0.15) is 10.2 Å². The molecule has 2 aromatic heterocycles. The molecule has 0 spiro atoms. The highest BCUT2D eigenvalue weighted by Crippen LogP contribution is 2.21. The van der Waals surface area contributed by atoms with Crippen LogP contribution in [-0.2, 0) is 0 Å². The van der Waals surface area contributed by atoms with Crippen LogP contribution in [0.4, 0.5) is 11.4 Å². The lowest BCUT2D eigenvalue weighted by Crippen LogP contribution is -2.14. The number of nitrogens with zero attached hydrogens (tertiary/aromatic N) is 2. The Morgan fingerprint density at radius 2 is 0.976 bits per heavy atom. The van der Waals surface area contributed by atoms with Gasteiger partial charge in [0.05, 0.1) is 10.8 Å². The van der Waals surface area contributed by atoms with E-state index in [0.717, 1.165) is 0 Å². The summed E-state index contributed by atoms with van der Waals surface area (Å²) in [5.41, 5.74) is 1.43. The second-order valence-electron chi connectivity index (χ2n) is 8.85. The number of amides is 2. The normalized spacial score (nSPS) is 10.5. The minimum atomic E-state index is -0.385. The first kappa shape index (κ1) is 28.2. The average Bonchev–Trinajstić information content (AvgIpc) is 3.02. The van der Waals surface area contributed by atoms with Crippen molar-refractivity contribution in [3.05, 3.63) is 139 Å². The smallest absolute Gasteiger partial charge is 0.272 e. The minimum absolute atomic E-state index is 0.152. The zero-order valence-corrected chi connectivity index (χ0v) is 23.0. The molecule has 0 aliphatic heterocycles. The number of para-hydroxylation sites is 2. The fourth-order valence-corrected chi connectivity index (χ4v) is 4.40. The molecule has 0 aliphatic carbocycles. The predicted octanol–water partition coefficient (Wildman–Crippen LogP) is 5.66. The van der Waals surface area contributed by atoms with Crippen molar-refractivity contribution in [3.8, 4) is 0 Å². The zero-order chi connectivity index (χ0) is 29.6. The Kier molecular flexibility index (Phi) is 8.37. The Morgan fingerprint density at radius 1 is 0.548 bits per heavy atom. The summed E-state index contributed by atoms with van der Waals surface area (Å²) in [6.07, 6.45) is 0. The lowest BCUT2D eigenvalue weighted by Gasteiger charge is -2.06. The number of anilines is 2. The van der Waals surface area contributed by atoms with Crippen molar-refractivity contribution in [2.75, 3.05) is 10.6 Å². The molecule has 4 N–H and O–H groups in total. The van der Waals surface area contributed by atoms with Gasteiger partial charge in [0.1, 0.15) is 0 Å². The van der Waals surface area contributed by atoms with Gasteiger partial charge < -0.3 is 10.6 Å². The molecule has 0 saturated heterocycles. The molecular formula is C30H20Cl2N6O4. The molecule has 12 heteroatoms. The van der Waals surface area contributed by atoms with E-state index in [2.05, 4.69) is 31.0 Å². The topological polar surface area (TPSA) is 150 Å². The van der Waals surface area contributed by atoms with E-state index in [4.69, 9.17) is 23.2 Å². The van der Waals surface area contributed by atoms with Gasteiger partial charge in [0, 0.05) is 33.3 Å². The SMILES string of the molecule is O=C(Nc1ccccc1)c1ccc2c(=O)[nH]nc(Cl)c2c1.O=C(Nc1ccccc1)c1ccc2c(Cl)n[nH]c(=O)c2c1. The van der Waals surface area contributed by atoms with Gasteiger partial charge in [0.2, 0.25) is 0 Å². The van der Waals surface area contributed by atoms with E-state index < -0.39 is 0 Å². The van der Waals surface area contributed by atoms with E-state index in [1.807, 2.05) is 36.4 Å². The summed E-state index contributed by atoms with van der Waals surface area (Å²) in [4.78, 5) is 47.8. The molecule has 4 aromatic carbocycles. The van der Waals surface area contributed by atoms with Gasteiger partial charge in [-0.15, -0.1) is 0 Å². The summed E-state index contributed by atoms with van der Waals surface area (Å²) < 4.78 is 0. The summed E-state index contributed by atoms with van der Waals surface area (Å²) in [5, 5.41) is 19.5. The van der Waals surface area contributed by atoms with E-state index in [9.17, 15) is 19.2 Å². The molecule has 208 valence electrons. The van der Waals surface area contributed by atoms with Crippen LogP contribution in [0.15, 0.2) is 107 Å². The highest BCUT2D eigenvalue weighted by Gasteiger charge is 2.12. The number of hydrogen-bond donors (Lipinski definition) is 4. The van der Waals surface area contributed by atoms with Crippen LogP contribution in [0.2, 0.25) is 10.3 Å². The number of benzene rings is 4. The molecule has 0 fully saturated rings. The molecule has 0 bridgehead atoms. The monoisotopic (exact) mass is 598 g/mol. The first-order valence-corrected chi connectivity index (χ1v) is 13.1. The Balaban J connectivity index is 0.000000168. The number of rotatable bonds is 4. The van der Waals surface area contributed by atoms with Crippen LogP contribution in [-0.4, -0.2) is 32.2 Å². The van der Waals surface area contributed by atoms with Gasteiger partial charge in [0.15, 0.2) is 10.3 Å². The van der Waals surface area contributed by atoms with Crippen molar-refractivity contribution in [2.45, 2.75) is 0 Å². The quantitative estimate of drug-likeness (QED) is 0.206. The van der Waals surface area contributed by atoms with Crippen LogP contribution < -0.4 is 21.8 Å². The Hall–Kier alpha value is -5.32. The van der Waals surface area contributed by atoms with Crippen molar-refractivity contribution in [1.82, 2.24) is 20.4 Å². The molecule has 6 aromatic rings. The van der Waals surface area contributed by atoms with Gasteiger partial charge >= 0.3 is 0 Å². The molecule has 10 nitrogen and oxygen atoms in total. The van der Waals surface area contributed by atoms with Crippen molar-refractivity contribution in [2.24, 2.45) is 0 Å². The Morgan fingerprint density at radius 3 is 1.50 bits per heavy atom. The Bertz CT molecular complexity index is 2050. The summed E-state index contributed by atoms with van der Waals surface area (Å²) in [6.45, 7) is 0. The number of aromatic amines is 2. The van der Waals surface area contributed by atoms with Gasteiger partial charge in [-0.25, -0.2) is 10.2 Å². The van der Waals surface area contributed by atoms with E-state index in [-0.39, 0.29) is 33.2 Å². The van der Waals surface area contributed by atoms with Gasteiger partial charge in [-0.3, -0.25) is 19.2 Å². The van der Waals surface area contributed by atoms with Gasteiger partial charge in [-0.1, -0.05) is 65.7 Å². The molecule has 2 heterocycles. The third-order valence-corrected chi connectivity index (χ3v) is 6.65. The molecule has 0 radical (unpaired) electrons. The molecule has 0 atom stereocenters. The van der Waals surface area contributed by atoms with Crippen LogP contribution in [0, 0.1) is 0 Å². The predicted molar refractivity (Wildman–Crippen MR) is 164 cm³/mol.